The Labute approximate surface area is 184 Å². The topological polar surface area (TPSA) is 62.9 Å². The van der Waals surface area contributed by atoms with Gasteiger partial charge in [0.1, 0.15) is 23.9 Å². The molecular weight excluding hydrogens is 386 g/mol. The molecule has 4 aromatic rings. The van der Waals surface area contributed by atoms with E-state index in [0.29, 0.717) is 18.4 Å². The molecule has 0 fully saturated rings. The highest BCUT2D eigenvalue weighted by atomic mass is 16.5. The summed E-state index contributed by atoms with van der Waals surface area (Å²) in [6.07, 6.45) is 0. The van der Waals surface area contributed by atoms with Crippen molar-refractivity contribution in [3.8, 4) is 11.5 Å². The van der Waals surface area contributed by atoms with Gasteiger partial charge in [0, 0.05) is 16.5 Å². The quantitative estimate of drug-likeness (QED) is 0.361. The molecule has 2 heterocycles. The van der Waals surface area contributed by atoms with Gasteiger partial charge in [-0.1, -0.05) is 27.7 Å². The Morgan fingerprint density at radius 2 is 1.52 bits per heavy atom. The molecule has 0 saturated carbocycles. The molecule has 2 N–H and O–H groups in total. The van der Waals surface area contributed by atoms with Crippen molar-refractivity contribution in [1.82, 2.24) is 15.0 Å². The van der Waals surface area contributed by atoms with Crippen LogP contribution in [0.25, 0.3) is 21.9 Å². The lowest BCUT2D eigenvalue weighted by Gasteiger charge is -2.16. The molecule has 0 aliphatic heterocycles. The maximum Gasteiger partial charge on any atom is 0.128 e. The Balaban J connectivity index is 1.75. The van der Waals surface area contributed by atoms with Crippen LogP contribution in [0.4, 0.5) is 0 Å². The van der Waals surface area contributed by atoms with E-state index in [1.807, 2.05) is 6.92 Å². The van der Waals surface area contributed by atoms with Crippen molar-refractivity contribution in [1.29, 1.82) is 0 Å². The first-order chi connectivity index (χ1) is 14.7. The molecule has 0 atom stereocenters. The summed E-state index contributed by atoms with van der Waals surface area (Å²) < 4.78 is 12.1. The number of ether oxygens (including phenoxy) is 2. The van der Waals surface area contributed by atoms with Crippen molar-refractivity contribution in [3.05, 3.63) is 52.0 Å². The number of aromatic nitrogens is 3. The third-order valence-corrected chi connectivity index (χ3v) is 6.02. The lowest BCUT2D eigenvalue weighted by atomic mass is 9.97. The second-order valence-corrected chi connectivity index (χ2v) is 9.14. The zero-order valence-corrected chi connectivity index (χ0v) is 19.9. The Kier molecular flexibility index (Phi) is 5.46. The molecule has 2 aromatic heterocycles. The number of rotatable bonds is 6. The predicted molar refractivity (Wildman–Crippen MR) is 128 cm³/mol. The molecule has 2 aromatic carbocycles. The Morgan fingerprint density at radius 3 is 2.16 bits per heavy atom. The van der Waals surface area contributed by atoms with Gasteiger partial charge in [-0.25, -0.2) is 4.98 Å². The highest BCUT2D eigenvalue weighted by Crippen LogP contribution is 2.38. The minimum absolute atomic E-state index is 0.308. The highest BCUT2D eigenvalue weighted by Gasteiger charge is 2.19. The van der Waals surface area contributed by atoms with E-state index in [-0.39, 0.29) is 0 Å². The summed E-state index contributed by atoms with van der Waals surface area (Å²) in [6.45, 7) is 15.5. The van der Waals surface area contributed by atoms with E-state index in [0.717, 1.165) is 50.7 Å². The largest absolute Gasteiger partial charge is 0.496 e. The SMILES string of the molecule is COc1cc(C)c2cc(COc3cc(C)c4[nH]c(C)nc4c3C(C)C)[nH]c2c1C(C)C. The fourth-order valence-electron chi connectivity index (χ4n) is 4.60. The van der Waals surface area contributed by atoms with Crippen LogP contribution in [0.1, 0.15) is 73.3 Å². The number of H-pyrrole nitrogens is 2. The van der Waals surface area contributed by atoms with Crippen LogP contribution in [-0.4, -0.2) is 22.1 Å². The molecule has 0 amide bonds. The second kappa shape index (κ2) is 7.95. The number of nitrogens with one attached hydrogen (secondary N) is 2. The van der Waals surface area contributed by atoms with Gasteiger partial charge in [0.15, 0.2) is 0 Å². The fourth-order valence-corrected chi connectivity index (χ4v) is 4.60. The molecule has 0 spiro atoms. The highest BCUT2D eigenvalue weighted by molar-refractivity contribution is 5.89. The average Bonchev–Trinajstić information content (AvgIpc) is 3.29. The molecule has 0 saturated heterocycles. The van der Waals surface area contributed by atoms with Crippen molar-refractivity contribution in [3.63, 3.8) is 0 Å². The first kappa shape index (κ1) is 21.3. The Bertz CT molecular complexity index is 1260. The van der Waals surface area contributed by atoms with Gasteiger partial charge in [-0.15, -0.1) is 0 Å². The van der Waals surface area contributed by atoms with Crippen LogP contribution in [0.3, 0.4) is 0 Å². The van der Waals surface area contributed by atoms with E-state index in [9.17, 15) is 0 Å². The summed E-state index contributed by atoms with van der Waals surface area (Å²) in [5, 5.41) is 1.22. The summed E-state index contributed by atoms with van der Waals surface area (Å²) >= 11 is 0. The van der Waals surface area contributed by atoms with Crippen LogP contribution < -0.4 is 9.47 Å². The number of hydrogen-bond acceptors (Lipinski definition) is 3. The van der Waals surface area contributed by atoms with Gasteiger partial charge in [0.05, 0.1) is 29.4 Å². The molecule has 4 rings (SSSR count). The second-order valence-electron chi connectivity index (χ2n) is 9.14. The van der Waals surface area contributed by atoms with Gasteiger partial charge >= 0.3 is 0 Å². The van der Waals surface area contributed by atoms with Gasteiger partial charge in [0.25, 0.3) is 0 Å². The third-order valence-electron chi connectivity index (χ3n) is 6.02. The van der Waals surface area contributed by atoms with Crippen LogP contribution in [0.2, 0.25) is 0 Å². The van der Waals surface area contributed by atoms with Gasteiger partial charge in [-0.2, -0.15) is 0 Å². The van der Waals surface area contributed by atoms with Crippen LogP contribution in [0.5, 0.6) is 11.5 Å². The molecule has 0 radical (unpaired) electrons. The molecular formula is C26H33N3O2. The molecule has 164 valence electrons. The molecule has 5 nitrogen and oxygen atoms in total. The number of aryl methyl sites for hydroxylation is 3. The summed E-state index contributed by atoms with van der Waals surface area (Å²) in [5.74, 6) is 3.43. The normalized spacial score (nSPS) is 11.9. The van der Waals surface area contributed by atoms with Gasteiger partial charge < -0.3 is 19.4 Å². The monoisotopic (exact) mass is 419 g/mol. The minimum Gasteiger partial charge on any atom is -0.496 e. The van der Waals surface area contributed by atoms with E-state index in [1.54, 1.807) is 7.11 Å². The summed E-state index contributed by atoms with van der Waals surface area (Å²) in [4.78, 5) is 11.7. The number of hydrogen-bond donors (Lipinski definition) is 2. The molecule has 31 heavy (non-hydrogen) atoms. The van der Waals surface area contributed by atoms with Crippen molar-refractivity contribution >= 4 is 21.9 Å². The van der Waals surface area contributed by atoms with Gasteiger partial charge in [-0.05, 0) is 61.9 Å². The van der Waals surface area contributed by atoms with Gasteiger partial charge in [-0.3, -0.25) is 0 Å². The van der Waals surface area contributed by atoms with E-state index in [1.165, 1.54) is 16.5 Å². The maximum atomic E-state index is 6.39. The van der Waals surface area contributed by atoms with Crippen LogP contribution in [-0.2, 0) is 6.61 Å². The molecule has 0 aliphatic rings. The van der Waals surface area contributed by atoms with E-state index < -0.39 is 0 Å². The Morgan fingerprint density at radius 1 is 0.839 bits per heavy atom. The first-order valence-electron chi connectivity index (χ1n) is 11.0. The predicted octanol–water partition coefficient (Wildman–Crippen LogP) is 6.80. The average molecular weight is 420 g/mol. The Hall–Kier alpha value is -2.95. The van der Waals surface area contributed by atoms with E-state index in [4.69, 9.17) is 14.5 Å². The summed E-state index contributed by atoms with van der Waals surface area (Å²) in [5.41, 5.74) is 9.02. The van der Waals surface area contributed by atoms with Crippen molar-refractivity contribution in [2.75, 3.05) is 7.11 Å². The lowest BCUT2D eigenvalue weighted by Crippen LogP contribution is -2.02. The van der Waals surface area contributed by atoms with Gasteiger partial charge in [0.2, 0.25) is 0 Å². The standard InChI is InChI=1S/C26H33N3O2/c1-13(2)22-20(30-8)9-15(5)19-11-18(29-25(19)22)12-31-21-10-16(6)24-26(23(21)14(3)4)28-17(7)27-24/h9-11,13-14,29H,12H2,1-8H3,(H,27,28). The van der Waals surface area contributed by atoms with Crippen molar-refractivity contribution in [2.24, 2.45) is 0 Å². The number of imidazole rings is 1. The maximum absolute atomic E-state index is 6.39. The number of aromatic amines is 2. The van der Waals surface area contributed by atoms with E-state index in [2.05, 4.69) is 69.7 Å². The lowest BCUT2D eigenvalue weighted by molar-refractivity contribution is 0.298. The van der Waals surface area contributed by atoms with Crippen LogP contribution in [0, 0.1) is 20.8 Å². The zero-order valence-electron chi connectivity index (χ0n) is 19.9. The molecule has 0 bridgehead atoms. The molecule has 5 heteroatoms. The minimum atomic E-state index is 0.308. The zero-order chi connectivity index (χ0) is 22.4. The first-order valence-corrected chi connectivity index (χ1v) is 11.0. The smallest absolute Gasteiger partial charge is 0.128 e. The van der Waals surface area contributed by atoms with Crippen LogP contribution >= 0.6 is 0 Å². The fraction of sp³-hybridized carbons (Fsp3) is 0.423. The number of nitrogens with zero attached hydrogens (tertiary/aromatic N) is 1. The molecule has 0 aliphatic carbocycles. The summed E-state index contributed by atoms with van der Waals surface area (Å²) in [6, 6.07) is 6.46. The summed E-state index contributed by atoms with van der Waals surface area (Å²) in [7, 11) is 1.74. The number of benzene rings is 2. The number of methoxy groups -OCH3 is 1. The van der Waals surface area contributed by atoms with E-state index >= 15 is 0 Å². The third kappa shape index (κ3) is 3.67. The van der Waals surface area contributed by atoms with Crippen molar-refractivity contribution < 1.29 is 9.47 Å². The molecule has 0 unspecified atom stereocenters. The van der Waals surface area contributed by atoms with Crippen molar-refractivity contribution in [2.45, 2.75) is 66.9 Å². The van der Waals surface area contributed by atoms with Crippen LogP contribution in [0.15, 0.2) is 18.2 Å². The number of fused-ring (bicyclic) bond motifs is 2.